The number of likely N-dealkylation sites (tertiary alicyclic amines) is 1. The topological polar surface area (TPSA) is 114 Å². The second-order valence-electron chi connectivity index (χ2n) is 7.51. The minimum atomic E-state index is -1.73. The molecular formula is C22H21N5O3. The SMILES string of the molecule is C[C@@H]1[C@H](C)N(C)C(=O)[C@]1(O)C#Cc1cccc(-n2nc(C(N)=O)c3cccnc32)c1. The van der Waals surface area contributed by atoms with Crippen molar-refractivity contribution in [3.63, 3.8) is 0 Å². The van der Waals surface area contributed by atoms with E-state index in [1.165, 1.54) is 9.58 Å². The van der Waals surface area contributed by atoms with E-state index in [0.29, 0.717) is 22.3 Å². The smallest absolute Gasteiger partial charge is 0.269 e. The van der Waals surface area contributed by atoms with E-state index < -0.39 is 17.4 Å². The number of aliphatic hydroxyl groups is 1. The Bertz CT molecular complexity index is 1240. The molecule has 3 atom stereocenters. The van der Waals surface area contributed by atoms with Gasteiger partial charge in [0.2, 0.25) is 5.60 Å². The first kappa shape index (κ1) is 19.6. The summed E-state index contributed by atoms with van der Waals surface area (Å²) in [7, 11) is 1.66. The van der Waals surface area contributed by atoms with Gasteiger partial charge in [0, 0.05) is 30.8 Å². The minimum Gasteiger partial charge on any atom is -0.369 e. The lowest BCUT2D eigenvalue weighted by molar-refractivity contribution is -0.139. The summed E-state index contributed by atoms with van der Waals surface area (Å²) in [4.78, 5) is 30.1. The Hall–Kier alpha value is -3.70. The van der Waals surface area contributed by atoms with E-state index in [-0.39, 0.29) is 17.7 Å². The number of primary amides is 1. The Balaban J connectivity index is 1.76. The maximum absolute atomic E-state index is 12.5. The lowest BCUT2D eigenvalue weighted by Gasteiger charge is -2.19. The van der Waals surface area contributed by atoms with Crippen molar-refractivity contribution in [2.24, 2.45) is 11.7 Å². The molecule has 1 aliphatic rings. The Morgan fingerprint density at radius 2 is 2.03 bits per heavy atom. The molecule has 8 heteroatoms. The Kier molecular flexibility index (Phi) is 4.56. The summed E-state index contributed by atoms with van der Waals surface area (Å²) >= 11 is 0. The van der Waals surface area contributed by atoms with Gasteiger partial charge >= 0.3 is 0 Å². The number of nitrogens with two attached hydrogens (primary N) is 1. The average Bonchev–Trinajstić information content (AvgIpc) is 3.21. The van der Waals surface area contributed by atoms with E-state index >= 15 is 0 Å². The third-order valence-electron chi connectivity index (χ3n) is 5.80. The monoisotopic (exact) mass is 403 g/mol. The van der Waals surface area contributed by atoms with E-state index in [9.17, 15) is 14.7 Å². The van der Waals surface area contributed by atoms with Gasteiger partial charge in [-0.1, -0.05) is 24.8 Å². The highest BCUT2D eigenvalue weighted by Crippen LogP contribution is 2.33. The molecule has 3 N–H and O–H groups in total. The van der Waals surface area contributed by atoms with Gasteiger partial charge in [-0.05, 0) is 37.3 Å². The fourth-order valence-corrected chi connectivity index (χ4v) is 3.70. The molecule has 152 valence electrons. The lowest BCUT2D eigenvalue weighted by Crippen LogP contribution is -2.40. The van der Waals surface area contributed by atoms with Crippen LogP contribution in [-0.2, 0) is 4.79 Å². The first-order valence-corrected chi connectivity index (χ1v) is 9.51. The van der Waals surface area contributed by atoms with Gasteiger partial charge in [0.1, 0.15) is 0 Å². The molecule has 2 aromatic heterocycles. The number of amides is 2. The second kappa shape index (κ2) is 6.97. The molecule has 0 saturated carbocycles. The number of benzene rings is 1. The quantitative estimate of drug-likeness (QED) is 0.622. The molecule has 1 fully saturated rings. The molecule has 0 unspecified atom stereocenters. The highest BCUT2D eigenvalue weighted by molar-refractivity contribution is 6.03. The molecule has 0 radical (unpaired) electrons. The summed E-state index contributed by atoms with van der Waals surface area (Å²) in [6.45, 7) is 3.69. The molecule has 4 rings (SSSR count). The third-order valence-corrected chi connectivity index (χ3v) is 5.80. The van der Waals surface area contributed by atoms with Crippen LogP contribution in [0.3, 0.4) is 0 Å². The van der Waals surface area contributed by atoms with Crippen molar-refractivity contribution in [1.29, 1.82) is 0 Å². The fourth-order valence-electron chi connectivity index (χ4n) is 3.70. The van der Waals surface area contributed by atoms with Crippen molar-refractivity contribution in [3.8, 4) is 17.5 Å². The summed E-state index contributed by atoms with van der Waals surface area (Å²) in [5.41, 5.74) is 5.55. The van der Waals surface area contributed by atoms with Gasteiger partial charge in [-0.15, -0.1) is 0 Å². The lowest BCUT2D eigenvalue weighted by atomic mass is 9.88. The summed E-state index contributed by atoms with van der Waals surface area (Å²) < 4.78 is 1.52. The van der Waals surface area contributed by atoms with Crippen LogP contribution in [0.15, 0.2) is 42.6 Å². The number of rotatable bonds is 2. The Labute approximate surface area is 173 Å². The number of nitrogens with zero attached hydrogens (tertiary/aromatic N) is 4. The average molecular weight is 403 g/mol. The summed E-state index contributed by atoms with van der Waals surface area (Å²) in [6, 6.07) is 10.4. The molecule has 0 aliphatic carbocycles. The molecule has 0 spiro atoms. The van der Waals surface area contributed by atoms with E-state index in [2.05, 4.69) is 21.9 Å². The molecule has 1 aromatic carbocycles. The fraction of sp³-hybridized carbons (Fsp3) is 0.273. The van der Waals surface area contributed by atoms with Gasteiger partial charge in [0.15, 0.2) is 11.3 Å². The largest absolute Gasteiger partial charge is 0.369 e. The summed E-state index contributed by atoms with van der Waals surface area (Å²) in [5.74, 6) is 4.31. The van der Waals surface area contributed by atoms with Crippen LogP contribution in [0, 0.1) is 17.8 Å². The molecule has 1 saturated heterocycles. The van der Waals surface area contributed by atoms with E-state index in [4.69, 9.17) is 5.73 Å². The molecule has 3 aromatic rings. The first-order chi connectivity index (χ1) is 14.2. The van der Waals surface area contributed by atoms with E-state index in [1.807, 2.05) is 13.8 Å². The zero-order valence-electron chi connectivity index (χ0n) is 16.8. The number of fused-ring (bicyclic) bond motifs is 1. The second-order valence-corrected chi connectivity index (χ2v) is 7.51. The highest BCUT2D eigenvalue weighted by atomic mass is 16.3. The van der Waals surface area contributed by atoms with Crippen LogP contribution in [0.4, 0.5) is 0 Å². The van der Waals surface area contributed by atoms with Gasteiger partial charge in [0.05, 0.1) is 11.1 Å². The number of carbonyl (C=O) groups is 2. The zero-order chi connectivity index (χ0) is 21.6. The number of pyridine rings is 1. The number of carbonyl (C=O) groups excluding carboxylic acids is 2. The number of likely N-dealkylation sites (N-methyl/N-ethyl adjacent to an activating group) is 1. The standard InChI is InChI=1S/C22H21N5O3/c1-13-14(2)26(3)21(29)22(13,30)10-9-15-6-4-7-16(12-15)27-20-17(8-5-11-24-20)18(25-27)19(23)28/h4-8,11-14,30H,1-3H3,(H2,23,28)/t13-,14+,22+/m1/s1. The van der Waals surface area contributed by atoms with Crippen LogP contribution in [0.1, 0.15) is 29.9 Å². The number of hydrogen-bond acceptors (Lipinski definition) is 5. The predicted octanol–water partition coefficient (Wildman–Crippen LogP) is 1.10. The minimum absolute atomic E-state index is 0.114. The Morgan fingerprint density at radius 3 is 2.70 bits per heavy atom. The summed E-state index contributed by atoms with van der Waals surface area (Å²) in [6.07, 6.45) is 1.61. The normalized spacial score (nSPS) is 23.5. The van der Waals surface area contributed by atoms with Crippen LogP contribution < -0.4 is 5.73 Å². The van der Waals surface area contributed by atoms with Gasteiger partial charge < -0.3 is 15.7 Å². The van der Waals surface area contributed by atoms with E-state index in [1.54, 1.807) is 49.6 Å². The highest BCUT2D eigenvalue weighted by Gasteiger charge is 2.52. The number of hydrogen-bond donors (Lipinski definition) is 2. The first-order valence-electron chi connectivity index (χ1n) is 9.51. The van der Waals surface area contributed by atoms with Crippen molar-refractivity contribution in [3.05, 3.63) is 53.9 Å². The van der Waals surface area contributed by atoms with E-state index in [0.717, 1.165) is 0 Å². The molecule has 0 bridgehead atoms. The van der Waals surface area contributed by atoms with Crippen molar-refractivity contribution < 1.29 is 14.7 Å². The van der Waals surface area contributed by atoms with Crippen molar-refractivity contribution in [2.45, 2.75) is 25.5 Å². The van der Waals surface area contributed by atoms with Gasteiger partial charge in [-0.3, -0.25) is 9.59 Å². The van der Waals surface area contributed by atoms with Crippen LogP contribution in [0.25, 0.3) is 16.7 Å². The van der Waals surface area contributed by atoms with Crippen molar-refractivity contribution in [2.75, 3.05) is 7.05 Å². The maximum atomic E-state index is 12.5. The zero-order valence-corrected chi connectivity index (χ0v) is 16.8. The number of aromatic nitrogens is 3. The predicted molar refractivity (Wildman–Crippen MR) is 111 cm³/mol. The van der Waals surface area contributed by atoms with Crippen LogP contribution in [0.2, 0.25) is 0 Å². The Morgan fingerprint density at radius 1 is 1.27 bits per heavy atom. The van der Waals surface area contributed by atoms with Crippen LogP contribution in [0.5, 0.6) is 0 Å². The van der Waals surface area contributed by atoms with Crippen molar-refractivity contribution in [1.82, 2.24) is 19.7 Å². The van der Waals surface area contributed by atoms with Gasteiger partial charge in [-0.25, -0.2) is 9.67 Å². The van der Waals surface area contributed by atoms with Gasteiger partial charge in [0.25, 0.3) is 11.8 Å². The van der Waals surface area contributed by atoms with Crippen LogP contribution in [-0.4, -0.2) is 55.3 Å². The molecule has 3 heterocycles. The van der Waals surface area contributed by atoms with Gasteiger partial charge in [-0.2, -0.15) is 5.10 Å². The molecule has 30 heavy (non-hydrogen) atoms. The molecular weight excluding hydrogens is 382 g/mol. The maximum Gasteiger partial charge on any atom is 0.269 e. The summed E-state index contributed by atoms with van der Waals surface area (Å²) in [5, 5.41) is 15.7. The van der Waals surface area contributed by atoms with Crippen molar-refractivity contribution >= 4 is 22.8 Å². The van der Waals surface area contributed by atoms with Crippen LogP contribution >= 0.6 is 0 Å². The molecule has 8 nitrogen and oxygen atoms in total. The molecule has 1 aliphatic heterocycles. The molecule has 2 amide bonds. The third kappa shape index (κ3) is 2.91.